The number of hydrogen-bond donors (Lipinski definition) is 1. The van der Waals surface area contributed by atoms with Gasteiger partial charge in [-0.3, -0.25) is 9.69 Å². The average Bonchev–Trinajstić information content (AvgIpc) is 2.54. The zero-order chi connectivity index (χ0) is 14.9. The Morgan fingerprint density at radius 3 is 2.67 bits per heavy atom. The van der Waals surface area contributed by atoms with Gasteiger partial charge in [0.1, 0.15) is 0 Å². The molecule has 0 spiro atoms. The van der Waals surface area contributed by atoms with E-state index in [4.69, 9.17) is 0 Å². The molecule has 21 heavy (non-hydrogen) atoms. The summed E-state index contributed by atoms with van der Waals surface area (Å²) in [6.45, 7) is 9.75. The minimum Gasteiger partial charge on any atom is -0.340 e. The third-order valence-corrected chi connectivity index (χ3v) is 3.75. The first-order valence-electron chi connectivity index (χ1n) is 7.65. The molecule has 1 aliphatic rings. The summed E-state index contributed by atoms with van der Waals surface area (Å²) >= 11 is 0. The Labute approximate surface area is 127 Å². The van der Waals surface area contributed by atoms with E-state index >= 15 is 0 Å². The summed E-state index contributed by atoms with van der Waals surface area (Å²) < 4.78 is 0. The molecule has 0 unspecified atom stereocenters. The molecule has 1 heterocycles. The minimum atomic E-state index is 0.263. The molecule has 1 aliphatic heterocycles. The summed E-state index contributed by atoms with van der Waals surface area (Å²) in [6, 6.07) is 10.4. The highest BCUT2D eigenvalue weighted by molar-refractivity contribution is 5.76. The van der Waals surface area contributed by atoms with Crippen LogP contribution in [0.3, 0.4) is 0 Å². The molecule has 114 valence electrons. The molecule has 1 N–H and O–H groups in total. The highest BCUT2D eigenvalue weighted by Gasteiger charge is 2.16. The second-order valence-electron chi connectivity index (χ2n) is 5.39. The van der Waals surface area contributed by atoms with Crippen LogP contribution >= 0.6 is 0 Å². The molecule has 0 aliphatic carbocycles. The standard InChI is InChI=1S/C17H25N3O/c1-2-11-19(15-16-6-4-3-5-7-16)12-8-17(21)20-13-9-18-10-14-20/h2-7,18H,1,8-15H2. The molecule has 0 aromatic heterocycles. The number of piperazine rings is 1. The predicted molar refractivity (Wildman–Crippen MR) is 86.0 cm³/mol. The van der Waals surface area contributed by atoms with Crippen molar-refractivity contribution in [3.63, 3.8) is 0 Å². The lowest BCUT2D eigenvalue weighted by molar-refractivity contribution is -0.132. The van der Waals surface area contributed by atoms with Crippen LogP contribution in [0.2, 0.25) is 0 Å². The van der Waals surface area contributed by atoms with Crippen LogP contribution in [0.1, 0.15) is 12.0 Å². The van der Waals surface area contributed by atoms with Crippen LogP contribution in [0.5, 0.6) is 0 Å². The van der Waals surface area contributed by atoms with Crippen LogP contribution in [0, 0.1) is 0 Å². The van der Waals surface area contributed by atoms with E-state index < -0.39 is 0 Å². The van der Waals surface area contributed by atoms with E-state index in [1.54, 1.807) is 0 Å². The number of nitrogens with zero attached hydrogens (tertiary/aromatic N) is 2. The molecular weight excluding hydrogens is 262 g/mol. The molecule has 1 fully saturated rings. The highest BCUT2D eigenvalue weighted by atomic mass is 16.2. The first-order valence-corrected chi connectivity index (χ1v) is 7.65. The lowest BCUT2D eigenvalue weighted by Gasteiger charge is -2.28. The number of hydrogen-bond acceptors (Lipinski definition) is 3. The fourth-order valence-electron chi connectivity index (χ4n) is 2.59. The maximum absolute atomic E-state index is 12.2. The minimum absolute atomic E-state index is 0.263. The van der Waals surface area contributed by atoms with Gasteiger partial charge in [0.2, 0.25) is 5.91 Å². The molecule has 4 nitrogen and oxygen atoms in total. The average molecular weight is 287 g/mol. The Kier molecular flexibility index (Phi) is 6.44. The van der Waals surface area contributed by atoms with Crippen molar-refractivity contribution < 1.29 is 4.79 Å². The van der Waals surface area contributed by atoms with Gasteiger partial charge in [-0.05, 0) is 5.56 Å². The lowest BCUT2D eigenvalue weighted by atomic mass is 10.2. The van der Waals surface area contributed by atoms with Crippen LogP contribution in [-0.4, -0.2) is 55.0 Å². The Bertz CT molecular complexity index is 441. The molecule has 4 heteroatoms. The zero-order valence-electron chi connectivity index (χ0n) is 12.6. The number of carbonyl (C=O) groups is 1. The Balaban J connectivity index is 1.81. The van der Waals surface area contributed by atoms with Crippen molar-refractivity contribution in [2.45, 2.75) is 13.0 Å². The van der Waals surface area contributed by atoms with Gasteiger partial charge in [-0.15, -0.1) is 6.58 Å². The van der Waals surface area contributed by atoms with Gasteiger partial charge in [0.25, 0.3) is 0 Å². The van der Waals surface area contributed by atoms with E-state index in [9.17, 15) is 4.79 Å². The van der Waals surface area contributed by atoms with E-state index in [2.05, 4.69) is 28.9 Å². The summed E-state index contributed by atoms with van der Waals surface area (Å²) in [5.41, 5.74) is 1.27. The summed E-state index contributed by atoms with van der Waals surface area (Å²) in [6.07, 6.45) is 2.49. The van der Waals surface area contributed by atoms with Gasteiger partial charge in [-0.25, -0.2) is 0 Å². The van der Waals surface area contributed by atoms with Gasteiger partial charge in [0.05, 0.1) is 0 Å². The monoisotopic (exact) mass is 287 g/mol. The van der Waals surface area contributed by atoms with Gasteiger partial charge in [0, 0.05) is 52.2 Å². The fourth-order valence-corrected chi connectivity index (χ4v) is 2.59. The van der Waals surface area contributed by atoms with Crippen LogP contribution in [-0.2, 0) is 11.3 Å². The summed E-state index contributed by atoms with van der Waals surface area (Å²) in [4.78, 5) is 16.4. The van der Waals surface area contributed by atoms with Crippen molar-refractivity contribution in [3.05, 3.63) is 48.6 Å². The van der Waals surface area contributed by atoms with Gasteiger partial charge in [0.15, 0.2) is 0 Å². The Morgan fingerprint density at radius 2 is 2.00 bits per heavy atom. The van der Waals surface area contributed by atoms with Crippen LogP contribution in [0.25, 0.3) is 0 Å². The smallest absolute Gasteiger partial charge is 0.223 e. The topological polar surface area (TPSA) is 35.6 Å². The van der Waals surface area contributed by atoms with Crippen LogP contribution in [0.15, 0.2) is 43.0 Å². The van der Waals surface area contributed by atoms with Gasteiger partial charge in [-0.1, -0.05) is 36.4 Å². The predicted octanol–water partition coefficient (Wildman–Crippen LogP) is 1.50. The van der Waals surface area contributed by atoms with E-state index in [-0.39, 0.29) is 5.91 Å². The van der Waals surface area contributed by atoms with E-state index in [0.29, 0.717) is 6.42 Å². The van der Waals surface area contributed by atoms with Gasteiger partial charge < -0.3 is 10.2 Å². The SMILES string of the molecule is C=CCN(CCC(=O)N1CCNCC1)Cc1ccccc1. The molecule has 0 atom stereocenters. The van der Waals surface area contributed by atoms with Crippen molar-refractivity contribution >= 4 is 5.91 Å². The van der Waals surface area contributed by atoms with Crippen molar-refractivity contribution in [2.24, 2.45) is 0 Å². The summed E-state index contributed by atoms with van der Waals surface area (Å²) in [5.74, 6) is 0.263. The van der Waals surface area contributed by atoms with Gasteiger partial charge >= 0.3 is 0 Å². The quantitative estimate of drug-likeness (QED) is 0.772. The Morgan fingerprint density at radius 1 is 1.29 bits per heavy atom. The second kappa shape index (κ2) is 8.60. The maximum atomic E-state index is 12.2. The number of benzene rings is 1. The highest BCUT2D eigenvalue weighted by Crippen LogP contribution is 2.06. The van der Waals surface area contributed by atoms with E-state index in [1.807, 2.05) is 29.2 Å². The molecule has 0 bridgehead atoms. The van der Waals surface area contributed by atoms with Crippen molar-refractivity contribution in [2.75, 3.05) is 39.3 Å². The lowest BCUT2D eigenvalue weighted by Crippen LogP contribution is -2.47. The molecular formula is C17H25N3O. The van der Waals surface area contributed by atoms with Crippen molar-refractivity contribution in [3.8, 4) is 0 Å². The third-order valence-electron chi connectivity index (χ3n) is 3.75. The third kappa shape index (κ3) is 5.33. The van der Waals surface area contributed by atoms with Crippen LogP contribution < -0.4 is 5.32 Å². The van der Waals surface area contributed by atoms with Gasteiger partial charge in [-0.2, -0.15) is 0 Å². The molecule has 1 aromatic carbocycles. The number of amides is 1. The van der Waals surface area contributed by atoms with Crippen LogP contribution in [0.4, 0.5) is 0 Å². The normalized spacial score (nSPS) is 15.2. The zero-order valence-corrected chi connectivity index (χ0v) is 12.6. The Hall–Kier alpha value is -1.65. The van der Waals surface area contributed by atoms with Crippen molar-refractivity contribution in [1.82, 2.24) is 15.1 Å². The molecule has 0 radical (unpaired) electrons. The number of carbonyl (C=O) groups excluding carboxylic acids is 1. The molecule has 1 saturated heterocycles. The first-order chi connectivity index (χ1) is 10.3. The largest absolute Gasteiger partial charge is 0.340 e. The fraction of sp³-hybridized carbons (Fsp3) is 0.471. The molecule has 0 saturated carbocycles. The van der Waals surface area contributed by atoms with E-state index in [0.717, 1.165) is 45.8 Å². The second-order valence-corrected chi connectivity index (χ2v) is 5.39. The molecule has 2 rings (SSSR count). The summed E-state index contributed by atoms with van der Waals surface area (Å²) in [5, 5.41) is 3.27. The van der Waals surface area contributed by atoms with Crippen molar-refractivity contribution in [1.29, 1.82) is 0 Å². The molecule has 1 aromatic rings. The number of rotatable bonds is 7. The maximum Gasteiger partial charge on any atom is 0.223 e. The summed E-state index contributed by atoms with van der Waals surface area (Å²) in [7, 11) is 0. The molecule has 1 amide bonds. The first kappa shape index (κ1) is 15.7. The van der Waals surface area contributed by atoms with E-state index in [1.165, 1.54) is 5.56 Å². The number of nitrogens with one attached hydrogen (secondary N) is 1.